The fourth-order valence-electron chi connectivity index (χ4n) is 1.83. The van der Waals surface area contributed by atoms with E-state index in [0.717, 1.165) is 11.3 Å². The fraction of sp³-hybridized carbons (Fsp3) is 0.143. The molecule has 1 aromatic heterocycles. The number of aromatic nitrogens is 1. The molecule has 0 bridgehead atoms. The number of aryl methyl sites for hydroxylation is 1. The third-order valence-corrected chi connectivity index (χ3v) is 3.29. The molecule has 0 aliphatic heterocycles. The lowest BCUT2D eigenvalue weighted by molar-refractivity contribution is 0.102. The van der Waals surface area contributed by atoms with E-state index in [2.05, 4.69) is 15.6 Å². The molecule has 0 unspecified atom stereocenters. The summed E-state index contributed by atoms with van der Waals surface area (Å²) in [5.74, 6) is -0.260. The second-order valence-electron chi connectivity index (χ2n) is 4.18. The number of hydrogen-bond acceptors (Lipinski definition) is 3. The molecular weight excluding hydrogens is 297 g/mol. The first-order chi connectivity index (χ1) is 9.52. The van der Waals surface area contributed by atoms with Gasteiger partial charge in [0, 0.05) is 12.7 Å². The summed E-state index contributed by atoms with van der Waals surface area (Å²) in [6.45, 7) is 1.80. The van der Waals surface area contributed by atoms with E-state index in [-0.39, 0.29) is 11.1 Å². The molecule has 0 radical (unpaired) electrons. The van der Waals surface area contributed by atoms with Crippen molar-refractivity contribution in [1.29, 1.82) is 0 Å². The summed E-state index contributed by atoms with van der Waals surface area (Å²) in [7, 11) is 1.76. The highest BCUT2D eigenvalue weighted by Gasteiger charge is 2.14. The second kappa shape index (κ2) is 6.11. The third kappa shape index (κ3) is 3.03. The van der Waals surface area contributed by atoms with Crippen LogP contribution >= 0.6 is 23.2 Å². The van der Waals surface area contributed by atoms with Gasteiger partial charge in [-0.3, -0.25) is 4.79 Å². The van der Waals surface area contributed by atoms with Gasteiger partial charge in [0.15, 0.2) is 5.15 Å². The van der Waals surface area contributed by atoms with Crippen molar-refractivity contribution in [3.05, 3.63) is 51.8 Å². The van der Waals surface area contributed by atoms with Crippen LogP contribution in [0.25, 0.3) is 0 Å². The van der Waals surface area contributed by atoms with Crippen LogP contribution < -0.4 is 10.6 Å². The lowest BCUT2D eigenvalue weighted by Crippen LogP contribution is -2.15. The number of hydrogen-bond donors (Lipinski definition) is 2. The van der Waals surface area contributed by atoms with E-state index in [1.54, 1.807) is 32.2 Å². The molecule has 2 N–H and O–H groups in total. The molecule has 0 spiro atoms. The molecule has 1 heterocycles. The number of para-hydroxylation sites is 1. The Balaban J connectivity index is 2.33. The van der Waals surface area contributed by atoms with Gasteiger partial charge < -0.3 is 10.6 Å². The number of nitrogens with zero attached hydrogens (tertiary/aromatic N) is 1. The number of nitrogens with one attached hydrogen (secondary N) is 2. The third-order valence-electron chi connectivity index (χ3n) is 2.82. The summed E-state index contributed by atoms with van der Waals surface area (Å²) in [6, 6.07) is 8.85. The molecule has 0 atom stereocenters. The monoisotopic (exact) mass is 309 g/mol. The zero-order valence-electron chi connectivity index (χ0n) is 11.0. The maximum absolute atomic E-state index is 12.3. The van der Waals surface area contributed by atoms with Gasteiger partial charge in [0.1, 0.15) is 5.15 Å². The number of benzene rings is 1. The highest BCUT2D eigenvalue weighted by molar-refractivity contribution is 6.35. The molecule has 0 fully saturated rings. The molecule has 2 rings (SSSR count). The summed E-state index contributed by atoms with van der Waals surface area (Å²) >= 11 is 11.8. The molecule has 4 nitrogen and oxygen atoms in total. The number of carbonyl (C=O) groups excluding carboxylic acids is 1. The van der Waals surface area contributed by atoms with Crippen molar-refractivity contribution in [2.75, 3.05) is 17.7 Å². The molecule has 0 aliphatic carbocycles. The van der Waals surface area contributed by atoms with Crippen LogP contribution in [0.3, 0.4) is 0 Å². The summed E-state index contributed by atoms with van der Waals surface area (Å²) in [4.78, 5) is 16.2. The molecule has 6 heteroatoms. The number of halogens is 2. The van der Waals surface area contributed by atoms with E-state index in [1.807, 2.05) is 12.1 Å². The van der Waals surface area contributed by atoms with Crippen molar-refractivity contribution in [3.63, 3.8) is 0 Å². The Labute approximate surface area is 127 Å². The second-order valence-corrected chi connectivity index (χ2v) is 4.92. The van der Waals surface area contributed by atoms with Crippen LogP contribution in [-0.2, 0) is 0 Å². The SMILES string of the molecule is CNc1ccccc1C(=O)Nc1c(C)cc(Cl)nc1Cl. The van der Waals surface area contributed by atoms with Gasteiger partial charge in [0.05, 0.1) is 11.3 Å². The molecule has 0 saturated carbocycles. The normalized spacial score (nSPS) is 10.2. The van der Waals surface area contributed by atoms with Crippen LogP contribution in [0.2, 0.25) is 10.3 Å². The Hall–Kier alpha value is -1.78. The molecule has 0 aliphatic rings. The minimum atomic E-state index is -0.260. The van der Waals surface area contributed by atoms with Gasteiger partial charge in [0.2, 0.25) is 0 Å². The summed E-state index contributed by atoms with van der Waals surface area (Å²) < 4.78 is 0. The smallest absolute Gasteiger partial charge is 0.257 e. The Kier molecular flexibility index (Phi) is 4.47. The topological polar surface area (TPSA) is 54.0 Å². The number of anilines is 2. The molecular formula is C14H13Cl2N3O. The van der Waals surface area contributed by atoms with Crippen LogP contribution in [0.1, 0.15) is 15.9 Å². The van der Waals surface area contributed by atoms with Gasteiger partial charge in [-0.25, -0.2) is 4.98 Å². The quantitative estimate of drug-likeness (QED) is 0.843. The zero-order chi connectivity index (χ0) is 14.7. The summed E-state index contributed by atoms with van der Waals surface area (Å²) in [5, 5.41) is 6.20. The first kappa shape index (κ1) is 14.6. The van der Waals surface area contributed by atoms with E-state index in [4.69, 9.17) is 23.2 Å². The Morgan fingerprint density at radius 3 is 2.60 bits per heavy atom. The molecule has 0 saturated heterocycles. The van der Waals surface area contributed by atoms with Crippen LogP contribution in [0.15, 0.2) is 30.3 Å². The average molecular weight is 310 g/mol. The summed E-state index contributed by atoms with van der Waals surface area (Å²) in [5.41, 5.74) is 2.48. The van der Waals surface area contributed by atoms with Gasteiger partial charge in [-0.05, 0) is 30.7 Å². The minimum Gasteiger partial charge on any atom is -0.387 e. The average Bonchev–Trinajstić information content (AvgIpc) is 2.42. The van der Waals surface area contributed by atoms with Gasteiger partial charge in [-0.1, -0.05) is 35.3 Å². The molecule has 2 aromatic rings. The first-order valence-electron chi connectivity index (χ1n) is 5.93. The van der Waals surface area contributed by atoms with E-state index in [9.17, 15) is 4.79 Å². The maximum atomic E-state index is 12.3. The lowest BCUT2D eigenvalue weighted by Gasteiger charge is -2.12. The van der Waals surface area contributed by atoms with E-state index < -0.39 is 0 Å². The molecule has 20 heavy (non-hydrogen) atoms. The van der Waals surface area contributed by atoms with Crippen molar-refractivity contribution in [1.82, 2.24) is 4.98 Å². The van der Waals surface area contributed by atoms with Crippen molar-refractivity contribution in [2.24, 2.45) is 0 Å². The van der Waals surface area contributed by atoms with E-state index >= 15 is 0 Å². The predicted molar refractivity (Wildman–Crippen MR) is 82.9 cm³/mol. The van der Waals surface area contributed by atoms with E-state index in [1.165, 1.54) is 0 Å². The maximum Gasteiger partial charge on any atom is 0.257 e. The molecule has 1 aromatic carbocycles. The first-order valence-corrected chi connectivity index (χ1v) is 6.69. The lowest BCUT2D eigenvalue weighted by atomic mass is 10.1. The Bertz CT molecular complexity index is 636. The molecule has 1 amide bonds. The van der Waals surface area contributed by atoms with Crippen molar-refractivity contribution in [2.45, 2.75) is 6.92 Å². The van der Waals surface area contributed by atoms with Crippen molar-refractivity contribution >= 4 is 40.5 Å². The van der Waals surface area contributed by atoms with Crippen molar-refractivity contribution < 1.29 is 4.79 Å². The van der Waals surface area contributed by atoms with Crippen LogP contribution in [0.5, 0.6) is 0 Å². The highest BCUT2D eigenvalue weighted by Crippen LogP contribution is 2.27. The standard InChI is InChI=1S/C14H13Cl2N3O/c1-8-7-11(15)18-13(16)12(8)19-14(20)9-5-3-4-6-10(9)17-2/h3-7,17H,1-2H3,(H,19,20). The summed E-state index contributed by atoms with van der Waals surface area (Å²) in [6.07, 6.45) is 0. The Morgan fingerprint density at radius 2 is 1.95 bits per heavy atom. The highest BCUT2D eigenvalue weighted by atomic mass is 35.5. The minimum absolute atomic E-state index is 0.172. The number of rotatable bonds is 3. The number of carbonyl (C=O) groups is 1. The number of pyridine rings is 1. The molecule has 104 valence electrons. The van der Waals surface area contributed by atoms with Gasteiger partial charge in [-0.2, -0.15) is 0 Å². The zero-order valence-corrected chi connectivity index (χ0v) is 12.5. The predicted octanol–water partition coefficient (Wildman–Crippen LogP) is 3.99. The Morgan fingerprint density at radius 1 is 1.25 bits per heavy atom. The van der Waals surface area contributed by atoms with Crippen LogP contribution in [-0.4, -0.2) is 17.9 Å². The van der Waals surface area contributed by atoms with Gasteiger partial charge in [0.25, 0.3) is 5.91 Å². The van der Waals surface area contributed by atoms with Crippen molar-refractivity contribution in [3.8, 4) is 0 Å². The van der Waals surface area contributed by atoms with Crippen LogP contribution in [0, 0.1) is 6.92 Å². The van der Waals surface area contributed by atoms with Crippen LogP contribution in [0.4, 0.5) is 11.4 Å². The fourth-order valence-corrected chi connectivity index (χ4v) is 2.40. The van der Waals surface area contributed by atoms with Gasteiger partial charge in [-0.15, -0.1) is 0 Å². The number of amides is 1. The largest absolute Gasteiger partial charge is 0.387 e. The van der Waals surface area contributed by atoms with Gasteiger partial charge >= 0.3 is 0 Å². The van der Waals surface area contributed by atoms with E-state index in [0.29, 0.717) is 16.4 Å².